The second-order valence-electron chi connectivity index (χ2n) is 3.50. The standard InChI is InChI=1S/C11H18N2O3/c1-2-16-11(15)10-8-12-13(9-10)6-4-3-5-7-14/h8-9,14H,2-7H2,1H3. The van der Waals surface area contributed by atoms with Crippen molar-refractivity contribution in [3.05, 3.63) is 18.0 Å². The lowest BCUT2D eigenvalue weighted by Crippen LogP contribution is -2.03. The summed E-state index contributed by atoms with van der Waals surface area (Å²) in [6.07, 6.45) is 5.93. The molecule has 1 heterocycles. The van der Waals surface area contributed by atoms with Crippen LogP contribution in [0.1, 0.15) is 36.5 Å². The largest absolute Gasteiger partial charge is 0.462 e. The maximum atomic E-state index is 11.3. The highest BCUT2D eigenvalue weighted by Gasteiger charge is 2.08. The Morgan fingerprint density at radius 2 is 2.31 bits per heavy atom. The minimum absolute atomic E-state index is 0.229. The number of nitrogens with zero attached hydrogens (tertiary/aromatic N) is 2. The minimum Gasteiger partial charge on any atom is -0.462 e. The number of hydrogen-bond donors (Lipinski definition) is 1. The summed E-state index contributed by atoms with van der Waals surface area (Å²) >= 11 is 0. The Bertz CT molecular complexity index is 323. The topological polar surface area (TPSA) is 64.3 Å². The predicted molar refractivity (Wildman–Crippen MR) is 59.1 cm³/mol. The summed E-state index contributed by atoms with van der Waals surface area (Å²) in [5, 5.41) is 12.7. The Morgan fingerprint density at radius 1 is 1.50 bits per heavy atom. The van der Waals surface area contributed by atoms with E-state index in [0.29, 0.717) is 12.2 Å². The van der Waals surface area contributed by atoms with Crippen LogP contribution in [-0.4, -0.2) is 34.1 Å². The van der Waals surface area contributed by atoms with Crippen LogP contribution in [0, 0.1) is 0 Å². The number of ether oxygens (including phenoxy) is 1. The smallest absolute Gasteiger partial charge is 0.341 e. The molecule has 0 saturated heterocycles. The van der Waals surface area contributed by atoms with Crippen LogP contribution in [-0.2, 0) is 11.3 Å². The molecule has 0 amide bonds. The molecular weight excluding hydrogens is 208 g/mol. The quantitative estimate of drug-likeness (QED) is 0.561. The number of carbonyl (C=O) groups is 1. The monoisotopic (exact) mass is 226 g/mol. The van der Waals surface area contributed by atoms with Gasteiger partial charge in [0.25, 0.3) is 0 Å². The molecule has 5 nitrogen and oxygen atoms in total. The first-order valence-corrected chi connectivity index (χ1v) is 5.58. The maximum absolute atomic E-state index is 11.3. The fraction of sp³-hybridized carbons (Fsp3) is 0.636. The van der Waals surface area contributed by atoms with Gasteiger partial charge in [0, 0.05) is 19.3 Å². The van der Waals surface area contributed by atoms with E-state index in [-0.39, 0.29) is 12.6 Å². The molecule has 0 radical (unpaired) electrons. The zero-order valence-electron chi connectivity index (χ0n) is 9.56. The van der Waals surface area contributed by atoms with Gasteiger partial charge in [0.1, 0.15) is 0 Å². The zero-order chi connectivity index (χ0) is 11.8. The van der Waals surface area contributed by atoms with E-state index < -0.39 is 0 Å². The van der Waals surface area contributed by atoms with E-state index in [2.05, 4.69) is 5.10 Å². The van der Waals surface area contributed by atoms with Gasteiger partial charge in [-0.25, -0.2) is 4.79 Å². The highest BCUT2D eigenvalue weighted by Crippen LogP contribution is 2.03. The van der Waals surface area contributed by atoms with Crippen molar-refractivity contribution in [3.8, 4) is 0 Å². The summed E-state index contributed by atoms with van der Waals surface area (Å²) in [5.74, 6) is -0.330. The molecule has 0 saturated carbocycles. The molecule has 1 rings (SSSR count). The van der Waals surface area contributed by atoms with Gasteiger partial charge in [-0.2, -0.15) is 5.10 Å². The number of unbranched alkanes of at least 4 members (excludes halogenated alkanes) is 2. The number of aryl methyl sites for hydroxylation is 1. The molecule has 0 atom stereocenters. The Labute approximate surface area is 95.0 Å². The lowest BCUT2D eigenvalue weighted by Gasteiger charge is -2.00. The van der Waals surface area contributed by atoms with Gasteiger partial charge >= 0.3 is 5.97 Å². The Morgan fingerprint density at radius 3 is 3.00 bits per heavy atom. The summed E-state index contributed by atoms with van der Waals surface area (Å²) in [5.41, 5.74) is 0.490. The van der Waals surface area contributed by atoms with Gasteiger partial charge in [-0.1, -0.05) is 0 Å². The molecule has 0 bridgehead atoms. The van der Waals surface area contributed by atoms with E-state index in [1.807, 2.05) is 0 Å². The Kier molecular flexibility index (Phi) is 5.56. The maximum Gasteiger partial charge on any atom is 0.341 e. The summed E-state index contributed by atoms with van der Waals surface area (Å²) in [7, 11) is 0. The van der Waals surface area contributed by atoms with E-state index in [1.54, 1.807) is 17.8 Å². The highest BCUT2D eigenvalue weighted by molar-refractivity contribution is 5.88. The Hall–Kier alpha value is -1.36. The molecule has 0 spiro atoms. The summed E-state index contributed by atoms with van der Waals surface area (Å²) in [4.78, 5) is 11.3. The van der Waals surface area contributed by atoms with Crippen molar-refractivity contribution in [2.45, 2.75) is 32.7 Å². The number of rotatable bonds is 7. The van der Waals surface area contributed by atoms with Crippen molar-refractivity contribution < 1.29 is 14.6 Å². The van der Waals surface area contributed by atoms with Crippen LogP contribution in [0.25, 0.3) is 0 Å². The first-order chi connectivity index (χ1) is 7.77. The number of esters is 1. The molecule has 0 aromatic carbocycles. The lowest BCUT2D eigenvalue weighted by molar-refractivity contribution is 0.0526. The van der Waals surface area contributed by atoms with Crippen molar-refractivity contribution in [2.75, 3.05) is 13.2 Å². The summed E-state index contributed by atoms with van der Waals surface area (Å²) in [6.45, 7) is 3.14. The fourth-order valence-electron chi connectivity index (χ4n) is 1.37. The van der Waals surface area contributed by atoms with E-state index in [9.17, 15) is 4.79 Å². The number of hydrogen-bond acceptors (Lipinski definition) is 4. The molecule has 1 aromatic heterocycles. The third-order valence-corrected chi connectivity index (χ3v) is 2.19. The molecule has 90 valence electrons. The molecule has 16 heavy (non-hydrogen) atoms. The molecule has 1 aromatic rings. The van der Waals surface area contributed by atoms with Crippen LogP contribution in [0.4, 0.5) is 0 Å². The first-order valence-electron chi connectivity index (χ1n) is 5.58. The zero-order valence-corrected chi connectivity index (χ0v) is 9.56. The molecule has 0 aliphatic heterocycles. The van der Waals surface area contributed by atoms with E-state index in [0.717, 1.165) is 25.8 Å². The number of aromatic nitrogens is 2. The minimum atomic E-state index is -0.330. The fourth-order valence-corrected chi connectivity index (χ4v) is 1.37. The van der Waals surface area contributed by atoms with Crippen molar-refractivity contribution in [3.63, 3.8) is 0 Å². The predicted octanol–water partition coefficient (Wildman–Crippen LogP) is 1.22. The second-order valence-corrected chi connectivity index (χ2v) is 3.50. The van der Waals surface area contributed by atoms with Gasteiger partial charge in [-0.05, 0) is 26.2 Å². The first kappa shape index (κ1) is 12.7. The van der Waals surface area contributed by atoms with Gasteiger partial charge < -0.3 is 9.84 Å². The Balaban J connectivity index is 2.36. The van der Waals surface area contributed by atoms with Gasteiger partial charge in [-0.15, -0.1) is 0 Å². The van der Waals surface area contributed by atoms with Crippen LogP contribution in [0.2, 0.25) is 0 Å². The van der Waals surface area contributed by atoms with Gasteiger partial charge in [-0.3, -0.25) is 4.68 Å². The van der Waals surface area contributed by atoms with Gasteiger partial charge in [0.15, 0.2) is 0 Å². The number of aliphatic hydroxyl groups excluding tert-OH is 1. The second kappa shape index (κ2) is 7.00. The average molecular weight is 226 g/mol. The molecule has 0 fully saturated rings. The summed E-state index contributed by atoms with van der Waals surface area (Å²) in [6, 6.07) is 0. The van der Waals surface area contributed by atoms with Crippen LogP contribution >= 0.6 is 0 Å². The molecule has 5 heteroatoms. The average Bonchev–Trinajstić information content (AvgIpc) is 2.73. The molecule has 0 aliphatic carbocycles. The lowest BCUT2D eigenvalue weighted by atomic mass is 10.2. The van der Waals surface area contributed by atoms with Gasteiger partial charge in [0.05, 0.1) is 18.4 Å². The van der Waals surface area contributed by atoms with Crippen molar-refractivity contribution in [1.82, 2.24) is 9.78 Å². The van der Waals surface area contributed by atoms with Crippen molar-refractivity contribution >= 4 is 5.97 Å². The molecular formula is C11H18N2O3. The molecule has 1 N–H and O–H groups in total. The van der Waals surface area contributed by atoms with Crippen LogP contribution in [0.15, 0.2) is 12.4 Å². The third kappa shape index (κ3) is 4.02. The summed E-state index contributed by atoms with van der Waals surface area (Å²) < 4.78 is 6.58. The van der Waals surface area contributed by atoms with Crippen molar-refractivity contribution in [2.24, 2.45) is 0 Å². The van der Waals surface area contributed by atoms with Crippen molar-refractivity contribution in [1.29, 1.82) is 0 Å². The number of carbonyl (C=O) groups excluding carboxylic acids is 1. The van der Waals surface area contributed by atoms with Crippen LogP contribution in [0.5, 0.6) is 0 Å². The van der Waals surface area contributed by atoms with E-state index in [1.165, 1.54) is 6.20 Å². The van der Waals surface area contributed by atoms with E-state index in [4.69, 9.17) is 9.84 Å². The van der Waals surface area contributed by atoms with Gasteiger partial charge in [0.2, 0.25) is 0 Å². The van der Waals surface area contributed by atoms with Crippen LogP contribution in [0.3, 0.4) is 0 Å². The highest BCUT2D eigenvalue weighted by atomic mass is 16.5. The molecule has 0 unspecified atom stereocenters. The van der Waals surface area contributed by atoms with E-state index >= 15 is 0 Å². The third-order valence-electron chi connectivity index (χ3n) is 2.19. The number of aliphatic hydroxyl groups is 1. The SMILES string of the molecule is CCOC(=O)c1cnn(CCCCCO)c1. The van der Waals surface area contributed by atoms with Crippen LogP contribution < -0.4 is 0 Å². The normalized spacial score (nSPS) is 10.4. The molecule has 0 aliphatic rings.